The highest BCUT2D eigenvalue weighted by molar-refractivity contribution is 7.90. The summed E-state index contributed by atoms with van der Waals surface area (Å²) in [5.74, 6) is -0.950. The van der Waals surface area contributed by atoms with Gasteiger partial charge in [0.1, 0.15) is 12.2 Å². The fourth-order valence-corrected chi connectivity index (χ4v) is 5.01. The Bertz CT molecular complexity index is 1280. The van der Waals surface area contributed by atoms with E-state index in [1.54, 1.807) is 24.3 Å². The van der Waals surface area contributed by atoms with Crippen molar-refractivity contribution in [2.24, 2.45) is 7.05 Å². The number of ether oxygens (including phenoxy) is 1. The third kappa shape index (κ3) is 4.55. The van der Waals surface area contributed by atoms with Crippen LogP contribution in [0.3, 0.4) is 0 Å². The molecule has 0 spiro atoms. The smallest absolute Gasteiger partial charge is 0.417 e. The summed E-state index contributed by atoms with van der Waals surface area (Å²) >= 11 is 0. The lowest BCUT2D eigenvalue weighted by Crippen LogP contribution is -2.19. The second-order valence-corrected chi connectivity index (χ2v) is 9.38. The summed E-state index contributed by atoms with van der Waals surface area (Å²) in [6.07, 6.45) is -2.98. The van der Waals surface area contributed by atoms with Gasteiger partial charge < -0.3 is 4.74 Å². The van der Waals surface area contributed by atoms with E-state index in [2.05, 4.69) is 5.10 Å². The number of hydrogen-bond acceptors (Lipinski definition) is 5. The molecule has 0 amide bonds. The molecule has 32 heavy (non-hydrogen) atoms. The Morgan fingerprint density at radius 2 is 1.75 bits per heavy atom. The maximum Gasteiger partial charge on any atom is 0.417 e. The molecule has 3 aromatic rings. The Labute approximate surface area is 183 Å². The molecule has 1 heterocycles. The van der Waals surface area contributed by atoms with Gasteiger partial charge in [0.2, 0.25) is 11.7 Å². The Hall–Kier alpha value is -3.14. The van der Waals surface area contributed by atoms with Crippen molar-refractivity contribution in [1.29, 1.82) is 0 Å². The number of rotatable bonds is 6. The number of alkyl halides is 3. The lowest BCUT2D eigenvalue weighted by Gasteiger charge is -2.19. The quantitative estimate of drug-likeness (QED) is 0.507. The molecule has 2 aromatic carbocycles. The Morgan fingerprint density at radius 1 is 1.12 bits per heavy atom. The number of hydrogen-bond donors (Lipinski definition) is 0. The van der Waals surface area contributed by atoms with Crippen molar-refractivity contribution >= 4 is 15.6 Å². The number of carbonyl (C=O) groups excluding carboxylic acids is 1. The molecule has 0 saturated carbocycles. The average Bonchev–Trinajstić information content (AvgIpc) is 3.04. The zero-order valence-corrected chi connectivity index (χ0v) is 18.6. The van der Waals surface area contributed by atoms with Crippen LogP contribution in [0, 0.1) is 13.8 Å². The molecule has 6 nitrogen and oxygen atoms in total. The van der Waals surface area contributed by atoms with E-state index in [0.29, 0.717) is 0 Å². The topological polar surface area (TPSA) is 78.3 Å². The zero-order chi connectivity index (χ0) is 23.8. The lowest BCUT2D eigenvalue weighted by atomic mass is 9.93. The predicted octanol–water partition coefficient (Wildman–Crippen LogP) is 4.27. The second-order valence-electron chi connectivity index (χ2n) is 7.43. The third-order valence-electron chi connectivity index (χ3n) is 4.95. The monoisotopic (exact) mass is 466 g/mol. The lowest BCUT2D eigenvalue weighted by molar-refractivity contribution is -0.138. The molecule has 0 bridgehead atoms. The van der Waals surface area contributed by atoms with Crippen molar-refractivity contribution in [3.63, 3.8) is 0 Å². The highest BCUT2D eigenvalue weighted by Gasteiger charge is 2.40. The minimum atomic E-state index is -4.95. The molecule has 0 N–H and O–H groups in total. The van der Waals surface area contributed by atoms with Crippen molar-refractivity contribution in [3.05, 3.63) is 76.0 Å². The minimum absolute atomic E-state index is 0.00877. The molecule has 0 atom stereocenters. The fraction of sp³-hybridized carbons (Fsp3) is 0.273. The molecule has 0 aliphatic heterocycles. The second kappa shape index (κ2) is 8.42. The molecule has 0 aliphatic rings. The molecular weight excluding hydrogens is 445 g/mol. The van der Waals surface area contributed by atoms with Gasteiger partial charge in [-0.25, -0.2) is 13.1 Å². The average molecular weight is 466 g/mol. The maximum absolute atomic E-state index is 14.0. The molecule has 0 unspecified atom stereocenters. The van der Waals surface area contributed by atoms with Crippen LogP contribution in [0.4, 0.5) is 13.2 Å². The number of aromatic nitrogens is 2. The molecule has 0 fully saturated rings. The van der Waals surface area contributed by atoms with Crippen LogP contribution in [-0.4, -0.2) is 30.2 Å². The van der Waals surface area contributed by atoms with Crippen molar-refractivity contribution in [3.8, 4) is 5.88 Å². The largest absolute Gasteiger partial charge is 0.472 e. The van der Waals surface area contributed by atoms with E-state index >= 15 is 0 Å². The standard InChI is InChI=1S/C22H21F3N2O4S/c1-13-10-16(18(22(23,24)25)14(2)20(13)32(4,29)30)19(28)17-11-26-27(3)21(17)31-12-15-8-6-5-7-9-15/h5-11H,12H2,1-4H3. The molecule has 0 radical (unpaired) electrons. The van der Waals surface area contributed by atoms with Crippen LogP contribution in [0.2, 0.25) is 0 Å². The molecule has 0 saturated heterocycles. The normalized spacial score (nSPS) is 12.1. The maximum atomic E-state index is 14.0. The zero-order valence-electron chi connectivity index (χ0n) is 17.8. The predicted molar refractivity (Wildman–Crippen MR) is 111 cm³/mol. The number of ketones is 1. The number of halogens is 3. The first kappa shape index (κ1) is 23.5. The van der Waals surface area contributed by atoms with Gasteiger partial charge in [-0.05, 0) is 36.6 Å². The first-order valence-electron chi connectivity index (χ1n) is 9.47. The third-order valence-corrected chi connectivity index (χ3v) is 6.32. The summed E-state index contributed by atoms with van der Waals surface area (Å²) in [7, 11) is -2.44. The Balaban J connectivity index is 2.13. The van der Waals surface area contributed by atoms with Gasteiger partial charge in [-0.15, -0.1) is 0 Å². The fourth-order valence-electron chi connectivity index (χ4n) is 3.70. The Kier molecular flexibility index (Phi) is 6.19. The number of carbonyl (C=O) groups is 1. The molecule has 0 aliphatic carbocycles. The summed E-state index contributed by atoms with van der Waals surface area (Å²) in [6.45, 7) is 2.49. The van der Waals surface area contributed by atoms with Gasteiger partial charge in [0, 0.05) is 18.9 Å². The van der Waals surface area contributed by atoms with Crippen LogP contribution in [-0.2, 0) is 29.7 Å². The van der Waals surface area contributed by atoms with Gasteiger partial charge >= 0.3 is 6.18 Å². The summed E-state index contributed by atoms with van der Waals surface area (Å²) in [5.41, 5.74) is -1.76. The summed E-state index contributed by atoms with van der Waals surface area (Å²) in [4.78, 5) is 12.8. The van der Waals surface area contributed by atoms with Gasteiger partial charge in [0.15, 0.2) is 9.84 Å². The van der Waals surface area contributed by atoms with Crippen molar-refractivity contribution < 1.29 is 31.1 Å². The number of aryl methyl sites for hydroxylation is 2. The number of nitrogens with zero attached hydrogens (tertiary/aromatic N) is 2. The van der Waals surface area contributed by atoms with Gasteiger partial charge in [0.25, 0.3) is 0 Å². The van der Waals surface area contributed by atoms with Gasteiger partial charge in [0.05, 0.1) is 16.7 Å². The first-order chi connectivity index (χ1) is 14.8. The van der Waals surface area contributed by atoms with Crippen molar-refractivity contribution in [2.75, 3.05) is 6.26 Å². The molecule has 3 rings (SSSR count). The highest BCUT2D eigenvalue weighted by Crippen LogP contribution is 2.40. The molecule has 170 valence electrons. The van der Waals surface area contributed by atoms with Crippen LogP contribution in [0.1, 0.15) is 38.2 Å². The molecule has 10 heteroatoms. The summed E-state index contributed by atoms with van der Waals surface area (Å²) < 4.78 is 73.0. The minimum Gasteiger partial charge on any atom is -0.472 e. The van der Waals surface area contributed by atoms with Gasteiger partial charge in [-0.2, -0.15) is 18.3 Å². The SMILES string of the molecule is Cc1cc(C(=O)c2cnn(C)c2OCc2ccccc2)c(C(F)(F)F)c(C)c1S(C)(=O)=O. The Morgan fingerprint density at radius 3 is 2.31 bits per heavy atom. The van der Waals surface area contributed by atoms with E-state index in [4.69, 9.17) is 4.74 Å². The molecular formula is C22H21F3N2O4S. The van der Waals surface area contributed by atoms with Crippen LogP contribution in [0.5, 0.6) is 5.88 Å². The van der Waals surface area contributed by atoms with E-state index in [9.17, 15) is 26.4 Å². The van der Waals surface area contributed by atoms with E-state index < -0.39 is 43.4 Å². The van der Waals surface area contributed by atoms with Crippen molar-refractivity contribution in [2.45, 2.75) is 31.5 Å². The van der Waals surface area contributed by atoms with E-state index in [1.807, 2.05) is 6.07 Å². The molecule has 1 aromatic heterocycles. The number of sulfone groups is 1. The van der Waals surface area contributed by atoms with Crippen LogP contribution in [0.15, 0.2) is 47.5 Å². The van der Waals surface area contributed by atoms with Crippen LogP contribution in [0.25, 0.3) is 0 Å². The summed E-state index contributed by atoms with van der Waals surface area (Å²) in [5, 5.41) is 3.96. The van der Waals surface area contributed by atoms with E-state index in [-0.39, 0.29) is 23.6 Å². The highest BCUT2D eigenvalue weighted by atomic mass is 32.2. The summed E-state index contributed by atoms with van der Waals surface area (Å²) in [6, 6.07) is 10.00. The van der Waals surface area contributed by atoms with Crippen LogP contribution < -0.4 is 4.74 Å². The van der Waals surface area contributed by atoms with E-state index in [0.717, 1.165) is 31.0 Å². The first-order valence-corrected chi connectivity index (χ1v) is 11.4. The van der Waals surface area contributed by atoms with Crippen LogP contribution >= 0.6 is 0 Å². The van der Waals surface area contributed by atoms with Gasteiger partial charge in [-0.1, -0.05) is 30.3 Å². The number of benzene rings is 2. The van der Waals surface area contributed by atoms with Gasteiger partial charge in [-0.3, -0.25) is 4.79 Å². The van der Waals surface area contributed by atoms with E-state index in [1.165, 1.54) is 18.7 Å². The van der Waals surface area contributed by atoms with Crippen molar-refractivity contribution in [1.82, 2.24) is 9.78 Å².